The Balaban J connectivity index is 2.36. The predicted molar refractivity (Wildman–Crippen MR) is 84.7 cm³/mol. The number of likely N-dealkylation sites (tertiary alicyclic amines) is 1. The van der Waals surface area contributed by atoms with E-state index in [2.05, 4.69) is 56.9 Å². The first-order chi connectivity index (χ1) is 8.84. The van der Waals surface area contributed by atoms with Gasteiger partial charge in [0.1, 0.15) is 0 Å². The molecule has 1 heterocycles. The molecule has 1 N–H and O–H groups in total. The van der Waals surface area contributed by atoms with Crippen LogP contribution in [-0.2, 0) is 0 Å². The van der Waals surface area contributed by atoms with Crippen molar-refractivity contribution in [3.63, 3.8) is 0 Å². The molecule has 0 aromatic carbocycles. The summed E-state index contributed by atoms with van der Waals surface area (Å²) >= 11 is 0. The molecule has 3 heteroatoms. The lowest BCUT2D eigenvalue weighted by molar-refractivity contribution is 0.212. The predicted octanol–water partition coefficient (Wildman–Crippen LogP) is 2.43. The first-order valence-electron chi connectivity index (χ1n) is 7.96. The van der Waals surface area contributed by atoms with Crippen LogP contribution in [0.5, 0.6) is 0 Å². The molecular weight excluding hydrogens is 234 g/mol. The normalized spacial score (nSPS) is 23.2. The molecular formula is C16H35N3. The largest absolute Gasteiger partial charge is 0.313 e. The molecule has 1 fully saturated rings. The van der Waals surface area contributed by atoms with Crippen molar-refractivity contribution in [3.8, 4) is 0 Å². The van der Waals surface area contributed by atoms with Crippen LogP contribution in [0.15, 0.2) is 0 Å². The summed E-state index contributed by atoms with van der Waals surface area (Å²) in [5.41, 5.74) is 0.357. The summed E-state index contributed by atoms with van der Waals surface area (Å²) in [6, 6.07) is 1.39. The number of likely N-dealkylation sites (N-methyl/N-ethyl adjacent to an activating group) is 1. The maximum absolute atomic E-state index is 3.73. The molecule has 0 spiro atoms. The van der Waals surface area contributed by atoms with Gasteiger partial charge in [0.15, 0.2) is 0 Å². The average molecular weight is 269 g/mol. The lowest BCUT2D eigenvalue weighted by Gasteiger charge is -2.33. The summed E-state index contributed by atoms with van der Waals surface area (Å²) < 4.78 is 0. The minimum Gasteiger partial charge on any atom is -0.313 e. The van der Waals surface area contributed by atoms with E-state index >= 15 is 0 Å². The fourth-order valence-electron chi connectivity index (χ4n) is 2.91. The van der Waals surface area contributed by atoms with E-state index in [1.165, 1.54) is 38.9 Å². The summed E-state index contributed by atoms with van der Waals surface area (Å²) in [6.45, 7) is 14.2. The Kier molecular flexibility index (Phi) is 6.78. The first kappa shape index (κ1) is 16.9. The lowest BCUT2D eigenvalue weighted by Crippen LogP contribution is -2.43. The molecule has 1 rings (SSSR count). The van der Waals surface area contributed by atoms with Crippen molar-refractivity contribution in [2.24, 2.45) is 5.41 Å². The maximum atomic E-state index is 3.73. The van der Waals surface area contributed by atoms with Crippen molar-refractivity contribution in [1.82, 2.24) is 15.1 Å². The summed E-state index contributed by atoms with van der Waals surface area (Å²) in [5, 5.41) is 3.73. The molecule has 19 heavy (non-hydrogen) atoms. The summed E-state index contributed by atoms with van der Waals surface area (Å²) in [6.07, 6.45) is 3.82. The van der Waals surface area contributed by atoms with Crippen LogP contribution in [0.25, 0.3) is 0 Å². The van der Waals surface area contributed by atoms with E-state index in [0.29, 0.717) is 11.5 Å². The fraction of sp³-hybridized carbons (Fsp3) is 1.00. The highest BCUT2D eigenvalue weighted by Crippen LogP contribution is 2.23. The van der Waals surface area contributed by atoms with Crippen LogP contribution < -0.4 is 5.32 Å². The smallest absolute Gasteiger partial charge is 0.0229 e. The second-order valence-corrected chi connectivity index (χ2v) is 7.37. The van der Waals surface area contributed by atoms with Gasteiger partial charge in [-0.25, -0.2) is 0 Å². The maximum Gasteiger partial charge on any atom is 0.0229 e. The number of hydrogen-bond acceptors (Lipinski definition) is 3. The molecule has 0 aromatic rings. The number of nitrogens with one attached hydrogen (secondary N) is 1. The number of nitrogens with zero attached hydrogens (tertiary/aromatic N) is 2. The van der Waals surface area contributed by atoms with E-state index in [0.717, 1.165) is 12.6 Å². The van der Waals surface area contributed by atoms with Gasteiger partial charge in [0, 0.05) is 18.6 Å². The Labute approximate surface area is 120 Å². The molecule has 0 radical (unpaired) electrons. The highest BCUT2D eigenvalue weighted by Gasteiger charge is 2.27. The van der Waals surface area contributed by atoms with Crippen molar-refractivity contribution in [3.05, 3.63) is 0 Å². The number of hydrogen-bond donors (Lipinski definition) is 1. The quantitative estimate of drug-likeness (QED) is 0.766. The second-order valence-electron chi connectivity index (χ2n) is 7.37. The third-order valence-electron chi connectivity index (χ3n) is 4.40. The van der Waals surface area contributed by atoms with Crippen LogP contribution >= 0.6 is 0 Å². The zero-order chi connectivity index (χ0) is 14.5. The minimum atomic E-state index is 0.357. The molecule has 114 valence electrons. The van der Waals surface area contributed by atoms with Gasteiger partial charge in [0.25, 0.3) is 0 Å². The molecule has 2 atom stereocenters. The van der Waals surface area contributed by atoms with Gasteiger partial charge in [-0.05, 0) is 58.4 Å². The van der Waals surface area contributed by atoms with E-state index < -0.39 is 0 Å². The van der Waals surface area contributed by atoms with Crippen LogP contribution in [0.2, 0.25) is 0 Å². The summed E-state index contributed by atoms with van der Waals surface area (Å²) in [4.78, 5) is 5.01. The van der Waals surface area contributed by atoms with E-state index in [1.807, 2.05) is 0 Å². The molecule has 0 aromatic heterocycles. The zero-order valence-electron chi connectivity index (χ0n) is 14.0. The van der Waals surface area contributed by atoms with Gasteiger partial charge in [-0.1, -0.05) is 27.7 Å². The Morgan fingerprint density at radius 3 is 2.47 bits per heavy atom. The molecule has 1 aliphatic heterocycles. The van der Waals surface area contributed by atoms with Crippen LogP contribution in [0.4, 0.5) is 0 Å². The van der Waals surface area contributed by atoms with Gasteiger partial charge in [0.2, 0.25) is 0 Å². The van der Waals surface area contributed by atoms with Crippen LogP contribution in [0.3, 0.4) is 0 Å². The van der Waals surface area contributed by atoms with E-state index in [-0.39, 0.29) is 0 Å². The molecule has 1 saturated heterocycles. The van der Waals surface area contributed by atoms with Crippen molar-refractivity contribution < 1.29 is 0 Å². The van der Waals surface area contributed by atoms with E-state index in [4.69, 9.17) is 0 Å². The third-order valence-corrected chi connectivity index (χ3v) is 4.40. The molecule has 0 saturated carbocycles. The number of rotatable bonds is 7. The molecule has 2 unspecified atom stereocenters. The molecule has 1 aliphatic rings. The van der Waals surface area contributed by atoms with Gasteiger partial charge in [0.05, 0.1) is 0 Å². The standard InChI is InChI=1S/C16H35N3/c1-7-10-17-15(16(2,3)4)9-12-19-11-8-14(13-19)18(5)6/h14-15,17H,7-13H2,1-6H3. The SMILES string of the molecule is CCCNC(CCN1CCC(N(C)C)C1)C(C)(C)C. The van der Waals surface area contributed by atoms with Gasteiger partial charge < -0.3 is 15.1 Å². The van der Waals surface area contributed by atoms with Gasteiger partial charge >= 0.3 is 0 Å². The topological polar surface area (TPSA) is 18.5 Å². The summed E-state index contributed by atoms with van der Waals surface area (Å²) in [5.74, 6) is 0. The minimum absolute atomic E-state index is 0.357. The van der Waals surface area contributed by atoms with Gasteiger partial charge in [-0.3, -0.25) is 0 Å². The van der Waals surface area contributed by atoms with Crippen molar-refractivity contribution in [1.29, 1.82) is 0 Å². The molecule has 0 aliphatic carbocycles. The molecule has 0 bridgehead atoms. The highest BCUT2D eigenvalue weighted by molar-refractivity contribution is 4.85. The molecule has 3 nitrogen and oxygen atoms in total. The molecule has 0 amide bonds. The van der Waals surface area contributed by atoms with E-state index in [9.17, 15) is 0 Å². The summed E-state index contributed by atoms with van der Waals surface area (Å²) in [7, 11) is 4.41. The van der Waals surface area contributed by atoms with Crippen LogP contribution in [0, 0.1) is 5.41 Å². The monoisotopic (exact) mass is 269 g/mol. The van der Waals surface area contributed by atoms with Crippen molar-refractivity contribution in [2.75, 3.05) is 40.3 Å². The first-order valence-corrected chi connectivity index (χ1v) is 7.96. The van der Waals surface area contributed by atoms with Crippen molar-refractivity contribution >= 4 is 0 Å². The fourth-order valence-corrected chi connectivity index (χ4v) is 2.91. The Bertz CT molecular complexity index is 245. The van der Waals surface area contributed by atoms with Gasteiger partial charge in [-0.2, -0.15) is 0 Å². The van der Waals surface area contributed by atoms with Crippen molar-refractivity contribution in [2.45, 2.75) is 59.0 Å². The lowest BCUT2D eigenvalue weighted by atomic mass is 9.84. The Morgan fingerprint density at radius 1 is 1.32 bits per heavy atom. The van der Waals surface area contributed by atoms with Gasteiger partial charge in [-0.15, -0.1) is 0 Å². The average Bonchev–Trinajstić information content (AvgIpc) is 2.76. The Morgan fingerprint density at radius 2 is 2.00 bits per heavy atom. The zero-order valence-corrected chi connectivity index (χ0v) is 14.0. The van der Waals surface area contributed by atoms with Crippen LogP contribution in [-0.4, -0.2) is 62.2 Å². The Hall–Kier alpha value is -0.120. The van der Waals surface area contributed by atoms with Crippen LogP contribution in [0.1, 0.15) is 47.0 Å². The van der Waals surface area contributed by atoms with E-state index in [1.54, 1.807) is 0 Å². The highest BCUT2D eigenvalue weighted by atomic mass is 15.2. The second kappa shape index (κ2) is 7.61. The third kappa shape index (κ3) is 5.80.